The van der Waals surface area contributed by atoms with Crippen LogP contribution >= 0.6 is 11.8 Å². The maximum Gasteiger partial charge on any atom is 0.359 e. The van der Waals surface area contributed by atoms with Crippen molar-refractivity contribution in [3.05, 3.63) is 35.9 Å². The molecule has 9 heteroatoms. The Labute approximate surface area is 213 Å². The average Bonchev–Trinajstić information content (AvgIpc) is 2.88. The van der Waals surface area contributed by atoms with E-state index in [9.17, 15) is 24.7 Å². The largest absolute Gasteiger partial charge is 0.383 e. The Morgan fingerprint density at radius 2 is 1.77 bits per heavy atom. The van der Waals surface area contributed by atoms with Crippen LogP contribution in [0.4, 0.5) is 9.59 Å². The zero-order valence-corrected chi connectivity index (χ0v) is 22.1. The van der Waals surface area contributed by atoms with Crippen molar-refractivity contribution in [1.29, 1.82) is 0 Å². The van der Waals surface area contributed by atoms with Gasteiger partial charge in [0.1, 0.15) is 6.10 Å². The summed E-state index contributed by atoms with van der Waals surface area (Å²) in [7, 11) is 1.38. The highest BCUT2D eigenvalue weighted by Crippen LogP contribution is 2.33. The molecule has 1 saturated carbocycles. The summed E-state index contributed by atoms with van der Waals surface area (Å²) in [5, 5.41) is 22.8. The number of amides is 5. The van der Waals surface area contributed by atoms with E-state index in [-0.39, 0.29) is 18.0 Å². The van der Waals surface area contributed by atoms with Gasteiger partial charge < -0.3 is 10.4 Å². The van der Waals surface area contributed by atoms with E-state index in [1.807, 2.05) is 44.2 Å². The highest BCUT2D eigenvalue weighted by atomic mass is 32.2. The molecule has 3 N–H and O–H groups in total. The van der Waals surface area contributed by atoms with Crippen molar-refractivity contribution in [2.75, 3.05) is 19.3 Å². The Morgan fingerprint density at radius 1 is 1.11 bits per heavy atom. The Morgan fingerprint density at radius 3 is 2.40 bits per heavy atom. The third-order valence-corrected chi connectivity index (χ3v) is 7.92. The van der Waals surface area contributed by atoms with Gasteiger partial charge >= 0.3 is 12.1 Å². The Balaban J connectivity index is 1.89. The summed E-state index contributed by atoms with van der Waals surface area (Å²) in [5.41, 5.74) is 1.16. The smallest absolute Gasteiger partial charge is 0.359 e. The average molecular weight is 508 g/mol. The first-order valence-electron chi connectivity index (χ1n) is 12.6. The SMILES string of the molecule is CNC(=O)N(CC(C)(C)SCC1CCCCC1)C(=O)N(O)C(=O)[C@@H](O)CCCCc1ccccc1. The van der Waals surface area contributed by atoms with Crippen LogP contribution in [-0.4, -0.2) is 68.4 Å². The molecule has 0 heterocycles. The lowest BCUT2D eigenvalue weighted by atomic mass is 9.91. The van der Waals surface area contributed by atoms with Crippen molar-refractivity contribution >= 4 is 29.7 Å². The van der Waals surface area contributed by atoms with Gasteiger partial charge in [-0.3, -0.25) is 10.0 Å². The minimum Gasteiger partial charge on any atom is -0.383 e. The molecule has 5 amide bonds. The number of hydrogen-bond donors (Lipinski definition) is 3. The van der Waals surface area contributed by atoms with E-state index in [4.69, 9.17) is 0 Å². The molecule has 1 aromatic rings. The number of aliphatic hydroxyl groups excluding tert-OH is 1. The molecular formula is C26H41N3O5S. The zero-order chi connectivity index (χ0) is 25.8. The third kappa shape index (κ3) is 9.82. The number of carbonyl (C=O) groups is 3. The molecule has 0 saturated heterocycles. The first-order chi connectivity index (χ1) is 16.6. The fourth-order valence-electron chi connectivity index (χ4n) is 4.27. The second-order valence-electron chi connectivity index (χ2n) is 9.90. The quantitative estimate of drug-likeness (QED) is 0.225. The molecule has 196 valence electrons. The molecule has 0 radical (unpaired) electrons. The van der Waals surface area contributed by atoms with Gasteiger partial charge in [0.05, 0.1) is 0 Å². The first-order valence-corrected chi connectivity index (χ1v) is 13.5. The summed E-state index contributed by atoms with van der Waals surface area (Å²) >= 11 is 1.69. The minimum atomic E-state index is -1.53. The summed E-state index contributed by atoms with van der Waals surface area (Å²) in [6.07, 6.45) is 6.85. The van der Waals surface area contributed by atoms with Gasteiger partial charge in [0.25, 0.3) is 5.91 Å². The van der Waals surface area contributed by atoms with Crippen molar-refractivity contribution in [1.82, 2.24) is 15.3 Å². The first kappa shape index (κ1) is 29.1. The summed E-state index contributed by atoms with van der Waals surface area (Å²) in [6.45, 7) is 3.89. The number of nitrogens with zero attached hydrogens (tertiary/aromatic N) is 2. The fraction of sp³-hybridized carbons (Fsp3) is 0.654. The van der Waals surface area contributed by atoms with Gasteiger partial charge in [0.15, 0.2) is 0 Å². The van der Waals surface area contributed by atoms with Crippen LogP contribution in [0.15, 0.2) is 30.3 Å². The van der Waals surface area contributed by atoms with E-state index in [2.05, 4.69) is 5.32 Å². The number of unbranched alkanes of at least 4 members (excludes halogenated alkanes) is 1. The predicted octanol–water partition coefficient (Wildman–Crippen LogP) is 4.83. The second-order valence-corrected chi connectivity index (χ2v) is 11.6. The molecule has 0 unspecified atom stereocenters. The molecule has 2 rings (SSSR count). The van der Waals surface area contributed by atoms with Gasteiger partial charge in [-0.25, -0.2) is 14.5 Å². The third-order valence-electron chi connectivity index (χ3n) is 6.37. The summed E-state index contributed by atoms with van der Waals surface area (Å²) in [4.78, 5) is 38.7. The number of imide groups is 2. The number of carbonyl (C=O) groups excluding carboxylic acids is 3. The number of hydroxylamine groups is 2. The van der Waals surface area contributed by atoms with Crippen LogP contribution in [0.2, 0.25) is 0 Å². The van der Waals surface area contributed by atoms with Crippen molar-refractivity contribution in [2.45, 2.75) is 82.5 Å². The van der Waals surface area contributed by atoms with Crippen molar-refractivity contribution in [3.63, 3.8) is 0 Å². The van der Waals surface area contributed by atoms with Crippen LogP contribution in [0.5, 0.6) is 0 Å². The second kappa shape index (κ2) is 14.5. The molecule has 0 aliphatic heterocycles. The highest BCUT2D eigenvalue weighted by molar-refractivity contribution is 8.00. The van der Waals surface area contributed by atoms with Gasteiger partial charge in [0.2, 0.25) is 0 Å². The van der Waals surface area contributed by atoms with Crippen LogP contribution in [0.3, 0.4) is 0 Å². The molecule has 8 nitrogen and oxygen atoms in total. The number of urea groups is 2. The Kier molecular flexibility index (Phi) is 12.0. The number of rotatable bonds is 11. The van der Waals surface area contributed by atoms with Crippen LogP contribution < -0.4 is 5.32 Å². The number of thioether (sulfide) groups is 1. The van der Waals surface area contributed by atoms with Crippen LogP contribution in [0, 0.1) is 5.92 Å². The maximum absolute atomic E-state index is 12.9. The number of benzene rings is 1. The summed E-state index contributed by atoms with van der Waals surface area (Å²) in [5.74, 6) is 0.438. The summed E-state index contributed by atoms with van der Waals surface area (Å²) < 4.78 is -0.473. The van der Waals surface area contributed by atoms with Crippen molar-refractivity contribution < 1.29 is 24.7 Å². The monoisotopic (exact) mass is 507 g/mol. The molecule has 0 spiro atoms. The van der Waals surface area contributed by atoms with Gasteiger partial charge in [-0.2, -0.15) is 11.8 Å². The number of aliphatic hydroxyl groups is 1. The van der Waals surface area contributed by atoms with Crippen molar-refractivity contribution in [2.24, 2.45) is 5.92 Å². The van der Waals surface area contributed by atoms with E-state index in [1.165, 1.54) is 39.2 Å². The predicted molar refractivity (Wildman–Crippen MR) is 138 cm³/mol. The number of hydrogen-bond acceptors (Lipinski definition) is 6. The van der Waals surface area contributed by atoms with Gasteiger partial charge in [-0.1, -0.05) is 56.0 Å². The van der Waals surface area contributed by atoms with Gasteiger partial charge in [0, 0.05) is 18.3 Å². The highest BCUT2D eigenvalue weighted by Gasteiger charge is 2.36. The van der Waals surface area contributed by atoms with E-state index >= 15 is 0 Å². The van der Waals surface area contributed by atoms with Crippen molar-refractivity contribution in [3.8, 4) is 0 Å². The molecule has 0 bridgehead atoms. The lowest BCUT2D eigenvalue weighted by molar-refractivity contribution is -0.163. The molecule has 35 heavy (non-hydrogen) atoms. The normalized spacial score (nSPS) is 15.3. The van der Waals surface area contributed by atoms with E-state index in [0.29, 0.717) is 12.3 Å². The fourth-order valence-corrected chi connectivity index (χ4v) is 5.51. The summed E-state index contributed by atoms with van der Waals surface area (Å²) in [6, 6.07) is 8.00. The molecular weight excluding hydrogens is 466 g/mol. The molecule has 1 aromatic carbocycles. The van der Waals surface area contributed by atoms with Crippen LogP contribution in [-0.2, 0) is 11.2 Å². The molecule has 1 atom stereocenters. The maximum atomic E-state index is 12.9. The van der Waals surface area contributed by atoms with Gasteiger partial charge in [-0.05, 0) is 63.2 Å². The Bertz CT molecular complexity index is 814. The van der Waals surface area contributed by atoms with Crippen LogP contribution in [0.1, 0.15) is 70.8 Å². The Hall–Kier alpha value is -2.10. The van der Waals surface area contributed by atoms with E-state index in [0.717, 1.165) is 29.1 Å². The zero-order valence-electron chi connectivity index (χ0n) is 21.2. The molecule has 1 aliphatic rings. The topological polar surface area (TPSA) is 110 Å². The standard InChI is InChI=1S/C26H41N3O5S/c1-26(2,35-18-21-15-8-5-9-16-21)19-28(24(32)27-3)25(33)29(34)23(31)22(30)17-11-10-14-20-12-6-4-7-13-20/h4,6-7,12-13,21-22,30,34H,5,8-11,14-19H2,1-3H3,(H,27,32)/t22-/m0/s1. The van der Waals surface area contributed by atoms with E-state index < -0.39 is 28.8 Å². The van der Waals surface area contributed by atoms with Gasteiger partial charge in [-0.15, -0.1) is 5.06 Å². The van der Waals surface area contributed by atoms with E-state index in [1.54, 1.807) is 11.8 Å². The van der Waals surface area contributed by atoms with Crippen LogP contribution in [0.25, 0.3) is 0 Å². The number of aryl methyl sites for hydroxylation is 1. The minimum absolute atomic E-state index is 0.0143. The molecule has 0 aromatic heterocycles. The lowest BCUT2D eigenvalue weighted by Crippen LogP contribution is -2.55. The lowest BCUT2D eigenvalue weighted by Gasteiger charge is -2.33. The molecule has 1 fully saturated rings. The molecule has 1 aliphatic carbocycles. The number of nitrogens with one attached hydrogen (secondary N) is 1.